The molecule has 3 aromatic carbocycles. The van der Waals surface area contributed by atoms with Gasteiger partial charge in [0.05, 0.1) is 0 Å². The smallest absolute Gasteiger partial charge is 0.507 e. The second kappa shape index (κ2) is 9.23. The van der Waals surface area contributed by atoms with Crippen molar-refractivity contribution in [3.05, 3.63) is 89.5 Å². The van der Waals surface area contributed by atoms with Gasteiger partial charge in [0.15, 0.2) is 0 Å². The Morgan fingerprint density at radius 1 is 0.562 bits per heavy atom. The monoisotopic (exact) mass is 454 g/mol. The molecule has 32 heavy (non-hydrogen) atoms. The molecule has 3 N–H and O–H groups in total. The van der Waals surface area contributed by atoms with Crippen LogP contribution in [-0.4, -0.2) is 42.0 Å². The van der Waals surface area contributed by atoms with Crippen LogP contribution in [0.3, 0.4) is 0 Å². The van der Waals surface area contributed by atoms with E-state index in [1.54, 1.807) is 0 Å². The van der Waals surface area contributed by atoms with E-state index in [4.69, 9.17) is 13.3 Å². The lowest BCUT2D eigenvalue weighted by Crippen LogP contribution is -2.47. The van der Waals surface area contributed by atoms with E-state index in [-0.39, 0.29) is 16.7 Å². The predicted molar refractivity (Wildman–Crippen MR) is 112 cm³/mol. The maximum Gasteiger partial charge on any atom is 0.702 e. The lowest BCUT2D eigenvalue weighted by Gasteiger charge is -2.25. The Balaban J connectivity index is 1.92. The third-order valence-electron chi connectivity index (χ3n) is 4.21. The molecule has 0 unspecified atom stereocenters. The number of phenolic OH excluding ortho intramolecular Hbond substituents is 3. The minimum Gasteiger partial charge on any atom is -0.507 e. The van der Waals surface area contributed by atoms with Gasteiger partial charge < -0.3 is 28.6 Å². The molecule has 3 aromatic rings. The van der Waals surface area contributed by atoms with E-state index in [1.807, 2.05) is 0 Å². The van der Waals surface area contributed by atoms with Crippen molar-refractivity contribution in [3.8, 4) is 17.2 Å². The van der Waals surface area contributed by atoms with Crippen LogP contribution < -0.4 is 0 Å². The van der Waals surface area contributed by atoms with Crippen molar-refractivity contribution < 1.29 is 43.0 Å². The third-order valence-corrected chi connectivity index (χ3v) is 5.87. The van der Waals surface area contributed by atoms with Crippen molar-refractivity contribution in [1.82, 2.24) is 0 Å². The molecule has 0 amide bonds. The number of hydrogen-bond acceptors (Lipinski definition) is 9. The van der Waals surface area contributed by atoms with Crippen molar-refractivity contribution in [2.45, 2.75) is 6.55 Å². The predicted octanol–water partition coefficient (Wildman–Crippen LogP) is 3.24. The molecule has 0 bridgehead atoms. The summed E-state index contributed by atoms with van der Waals surface area (Å²) in [5.41, 5.74) is -0.740. The highest BCUT2D eigenvalue weighted by Gasteiger charge is 2.49. The molecule has 164 valence electrons. The molecule has 0 radical (unpaired) electrons. The second-order valence-electron chi connectivity index (χ2n) is 6.58. The molecule has 3 rings (SSSR count). The minimum atomic E-state index is -4.44. The first-order chi connectivity index (χ1) is 15.2. The number of carbonyl (C=O) groups excluding carboxylic acids is 3. The Bertz CT molecular complexity index is 1030. The van der Waals surface area contributed by atoms with Crippen molar-refractivity contribution >= 4 is 26.7 Å². The van der Waals surface area contributed by atoms with Crippen molar-refractivity contribution in [3.63, 3.8) is 0 Å². The Labute approximate surface area is 183 Å². The highest BCUT2D eigenvalue weighted by Crippen LogP contribution is 2.25. The quantitative estimate of drug-likeness (QED) is 0.479. The molecule has 0 aliphatic heterocycles. The summed E-state index contributed by atoms with van der Waals surface area (Å²) in [6, 6.07) is 16.4. The van der Waals surface area contributed by atoms with E-state index in [9.17, 15) is 29.7 Å². The van der Waals surface area contributed by atoms with E-state index in [0.29, 0.717) is 0 Å². The van der Waals surface area contributed by atoms with Crippen LogP contribution in [0.5, 0.6) is 17.2 Å². The van der Waals surface area contributed by atoms with Gasteiger partial charge in [-0.15, -0.1) is 0 Å². The Hall–Kier alpha value is -4.31. The van der Waals surface area contributed by atoms with Gasteiger partial charge in [-0.05, 0) is 36.4 Å². The summed E-state index contributed by atoms with van der Waals surface area (Å²) >= 11 is 0. The lowest BCUT2D eigenvalue weighted by atomic mass is 10.2. The zero-order chi connectivity index (χ0) is 23.3. The minimum absolute atomic E-state index is 0.247. The molecular weight excluding hydrogens is 436 g/mol. The van der Waals surface area contributed by atoms with Crippen LogP contribution in [0.15, 0.2) is 72.8 Å². The maximum atomic E-state index is 12.6. The first kappa shape index (κ1) is 22.4. The van der Waals surface area contributed by atoms with Crippen LogP contribution in [0.25, 0.3) is 0 Å². The van der Waals surface area contributed by atoms with Gasteiger partial charge in [-0.25, -0.2) is 14.4 Å². The third kappa shape index (κ3) is 5.05. The molecule has 0 atom stereocenters. The molecule has 0 saturated heterocycles. The fraction of sp³-hybridized carbons (Fsp3) is 0.0455. The van der Waals surface area contributed by atoms with Gasteiger partial charge in [0.1, 0.15) is 33.9 Å². The van der Waals surface area contributed by atoms with Crippen molar-refractivity contribution in [1.29, 1.82) is 0 Å². The fourth-order valence-electron chi connectivity index (χ4n) is 2.67. The van der Waals surface area contributed by atoms with Gasteiger partial charge in [0.25, 0.3) is 0 Å². The molecule has 0 heterocycles. The Morgan fingerprint density at radius 3 is 1.06 bits per heavy atom. The summed E-state index contributed by atoms with van der Waals surface area (Å²) in [7, 11) is -4.44. The highest BCUT2D eigenvalue weighted by atomic mass is 28.4. The lowest BCUT2D eigenvalue weighted by molar-refractivity contribution is 0.0338. The summed E-state index contributed by atoms with van der Waals surface area (Å²) in [6.45, 7) is 1.11. The van der Waals surface area contributed by atoms with Crippen LogP contribution in [0.4, 0.5) is 0 Å². The zero-order valence-electron chi connectivity index (χ0n) is 16.7. The van der Waals surface area contributed by atoms with Crippen molar-refractivity contribution in [2.24, 2.45) is 0 Å². The average molecular weight is 454 g/mol. The summed E-state index contributed by atoms with van der Waals surface area (Å²) in [6.07, 6.45) is 0. The zero-order valence-corrected chi connectivity index (χ0v) is 17.7. The summed E-state index contributed by atoms with van der Waals surface area (Å²) < 4.78 is 15.8. The second-order valence-corrected chi connectivity index (χ2v) is 8.92. The van der Waals surface area contributed by atoms with Crippen LogP contribution in [-0.2, 0) is 13.3 Å². The molecule has 0 aliphatic rings. The summed E-state index contributed by atoms with van der Waals surface area (Å²) in [5, 5.41) is 29.7. The van der Waals surface area contributed by atoms with Gasteiger partial charge in [-0.2, -0.15) is 0 Å². The number of carbonyl (C=O) groups is 3. The van der Waals surface area contributed by atoms with Gasteiger partial charge in [-0.1, -0.05) is 36.4 Å². The number of rotatable bonds is 6. The van der Waals surface area contributed by atoms with Crippen LogP contribution in [0, 0.1) is 0 Å². The summed E-state index contributed by atoms with van der Waals surface area (Å²) in [5.74, 6) is -4.50. The van der Waals surface area contributed by atoms with Gasteiger partial charge in [-0.3, -0.25) is 0 Å². The number of benzene rings is 3. The number of phenols is 3. The molecule has 0 spiro atoms. The first-order valence-corrected chi connectivity index (χ1v) is 11.5. The number of hydrogen-bond donors (Lipinski definition) is 3. The van der Waals surface area contributed by atoms with Gasteiger partial charge >= 0.3 is 26.7 Å². The molecule has 0 aromatic heterocycles. The van der Waals surface area contributed by atoms with E-state index in [2.05, 4.69) is 0 Å². The average Bonchev–Trinajstić information content (AvgIpc) is 2.74. The fourth-order valence-corrected chi connectivity index (χ4v) is 4.14. The molecule has 10 heteroatoms. The number of para-hydroxylation sites is 3. The maximum absolute atomic E-state index is 12.6. The Kier molecular flexibility index (Phi) is 6.45. The van der Waals surface area contributed by atoms with E-state index in [0.717, 1.165) is 6.55 Å². The van der Waals surface area contributed by atoms with Gasteiger partial charge in [0, 0.05) is 6.55 Å². The van der Waals surface area contributed by atoms with E-state index in [1.165, 1.54) is 72.8 Å². The van der Waals surface area contributed by atoms with E-state index >= 15 is 0 Å². The molecule has 0 saturated carbocycles. The normalized spacial score (nSPS) is 10.8. The summed E-state index contributed by atoms with van der Waals surface area (Å²) in [4.78, 5) is 37.9. The van der Waals surface area contributed by atoms with Gasteiger partial charge in [0.2, 0.25) is 0 Å². The molecular formula is C22H18O9Si. The first-order valence-electron chi connectivity index (χ1n) is 9.24. The van der Waals surface area contributed by atoms with Crippen LogP contribution in [0.1, 0.15) is 31.1 Å². The Morgan fingerprint density at radius 2 is 0.812 bits per heavy atom. The molecule has 0 aliphatic carbocycles. The molecule has 0 fully saturated rings. The number of aromatic hydroxyl groups is 3. The standard InChI is InChI=1S/C22H18O9Si/c1-32(29-20(26)14-8-2-5-11-17(14)23,30-21(27)15-9-3-6-12-18(15)24)31-22(28)16-10-4-7-13-19(16)25/h2-13,23-25H,1H3. The van der Waals surface area contributed by atoms with Crippen LogP contribution in [0.2, 0.25) is 6.55 Å². The largest absolute Gasteiger partial charge is 0.702 e. The SMILES string of the molecule is C[Si](OC(=O)c1ccccc1O)(OC(=O)c1ccccc1O)OC(=O)c1ccccc1O. The van der Waals surface area contributed by atoms with E-state index < -0.39 is 44.0 Å². The van der Waals surface area contributed by atoms with Crippen molar-refractivity contribution in [2.75, 3.05) is 0 Å². The molecule has 9 nitrogen and oxygen atoms in total. The van der Waals surface area contributed by atoms with Crippen LogP contribution >= 0.6 is 0 Å². The highest BCUT2D eigenvalue weighted by molar-refractivity contribution is 6.65. The topological polar surface area (TPSA) is 140 Å².